The lowest BCUT2D eigenvalue weighted by Crippen LogP contribution is -2.39. The quantitative estimate of drug-likeness (QED) is 0.626. The molecule has 0 aliphatic rings. The first-order valence-corrected chi connectivity index (χ1v) is 12.3. The maximum absolute atomic E-state index is 5.69. The van der Waals surface area contributed by atoms with Crippen LogP contribution in [0.4, 0.5) is 0 Å². The van der Waals surface area contributed by atoms with Gasteiger partial charge in [-0.15, -0.1) is 0 Å². The van der Waals surface area contributed by atoms with Crippen molar-refractivity contribution >= 4 is 37.4 Å². The molecule has 0 atom stereocenters. The molecule has 0 spiro atoms. The van der Waals surface area contributed by atoms with Gasteiger partial charge in [-0.2, -0.15) is 0 Å². The number of hydrogen-bond acceptors (Lipinski definition) is 3. The summed E-state index contributed by atoms with van der Waals surface area (Å²) >= 11 is 0. The van der Waals surface area contributed by atoms with Gasteiger partial charge in [0.05, 0.1) is 0 Å². The maximum Gasteiger partial charge on any atom is 0.311 e. The standard InChI is InChI=1S/C5H20O3Si4/c1-11(2,3)7-10-8-12(4,5)6-9/h10H2,1-5,9H3. The maximum atomic E-state index is 5.69. The van der Waals surface area contributed by atoms with Crippen molar-refractivity contribution < 1.29 is 12.3 Å². The molecule has 3 nitrogen and oxygen atoms in total. The smallest absolute Gasteiger partial charge is 0.311 e. The Morgan fingerprint density at radius 1 is 1.00 bits per heavy atom. The normalized spacial score (nSPS) is 14.8. The fraction of sp³-hybridized carbons (Fsp3) is 1.00. The van der Waals surface area contributed by atoms with Crippen molar-refractivity contribution in [2.24, 2.45) is 0 Å². The van der Waals surface area contributed by atoms with E-state index in [1.54, 1.807) is 0 Å². The van der Waals surface area contributed by atoms with Crippen molar-refractivity contribution in [1.29, 1.82) is 0 Å². The molecule has 0 fully saturated rings. The molecule has 0 amide bonds. The summed E-state index contributed by atoms with van der Waals surface area (Å²) < 4.78 is 16.7. The molecule has 0 saturated heterocycles. The van der Waals surface area contributed by atoms with Gasteiger partial charge in [0.15, 0.2) is 8.32 Å². The molecular weight excluding hydrogens is 220 g/mol. The Kier molecular flexibility index (Phi) is 5.14. The predicted octanol–water partition coefficient (Wildman–Crippen LogP) is -0.148. The molecule has 0 aliphatic heterocycles. The fourth-order valence-electron chi connectivity index (χ4n) is 0.407. The zero-order valence-corrected chi connectivity index (χ0v) is 14.3. The van der Waals surface area contributed by atoms with Gasteiger partial charge < -0.3 is 12.3 Å². The molecule has 0 bridgehead atoms. The Balaban J connectivity index is 3.57. The van der Waals surface area contributed by atoms with Crippen molar-refractivity contribution in [2.45, 2.75) is 32.7 Å². The second-order valence-corrected chi connectivity index (χ2v) is 15.3. The van der Waals surface area contributed by atoms with Gasteiger partial charge >= 0.3 is 8.56 Å². The summed E-state index contributed by atoms with van der Waals surface area (Å²) in [5.74, 6) is 0. The topological polar surface area (TPSA) is 27.7 Å². The van der Waals surface area contributed by atoms with Gasteiger partial charge in [0.2, 0.25) is 0 Å². The zero-order chi connectivity index (χ0) is 9.83. The Morgan fingerprint density at radius 2 is 1.50 bits per heavy atom. The molecule has 0 aromatic rings. The summed E-state index contributed by atoms with van der Waals surface area (Å²) in [6.45, 7) is 10.7. The largest absolute Gasteiger partial charge is 0.445 e. The lowest BCUT2D eigenvalue weighted by Gasteiger charge is -2.24. The van der Waals surface area contributed by atoms with Crippen LogP contribution in [-0.2, 0) is 12.3 Å². The van der Waals surface area contributed by atoms with E-state index in [1.165, 1.54) is 0 Å². The van der Waals surface area contributed by atoms with Gasteiger partial charge in [0, 0.05) is 0 Å². The molecule has 0 rings (SSSR count). The van der Waals surface area contributed by atoms with Crippen molar-refractivity contribution in [2.75, 3.05) is 0 Å². The van der Waals surface area contributed by atoms with Crippen LogP contribution in [0.2, 0.25) is 32.7 Å². The van der Waals surface area contributed by atoms with Gasteiger partial charge in [0.1, 0.15) is 10.5 Å². The first-order chi connectivity index (χ1) is 5.27. The summed E-state index contributed by atoms with van der Waals surface area (Å²) in [5, 5.41) is 0. The molecule has 7 heteroatoms. The van der Waals surface area contributed by atoms with E-state index in [0.717, 1.165) is 10.5 Å². The van der Waals surface area contributed by atoms with Crippen molar-refractivity contribution in [3.63, 3.8) is 0 Å². The van der Waals surface area contributed by atoms with Gasteiger partial charge in [-0.25, -0.2) is 0 Å². The van der Waals surface area contributed by atoms with E-state index in [1.807, 2.05) is 0 Å². The highest BCUT2D eigenvalue weighted by molar-refractivity contribution is 6.76. The Hall–Kier alpha value is 0.748. The molecule has 0 aromatic carbocycles. The molecule has 0 radical (unpaired) electrons. The SMILES string of the molecule is C[Si](C)(C)O[SiH2]O[Si](C)(C)O[SiH3]. The highest BCUT2D eigenvalue weighted by atomic mass is 28.4. The Bertz CT molecular complexity index is 133. The third kappa shape index (κ3) is 7.40. The molecule has 12 heavy (non-hydrogen) atoms. The highest BCUT2D eigenvalue weighted by Crippen LogP contribution is 2.06. The first kappa shape index (κ1) is 12.7. The van der Waals surface area contributed by atoms with Gasteiger partial charge in [-0.1, -0.05) is 0 Å². The van der Waals surface area contributed by atoms with Crippen LogP contribution in [0, 0.1) is 0 Å². The van der Waals surface area contributed by atoms with E-state index in [2.05, 4.69) is 32.7 Å². The molecule has 0 heterocycles. The molecule has 0 saturated carbocycles. The highest BCUT2D eigenvalue weighted by Gasteiger charge is 2.23. The molecule has 74 valence electrons. The second kappa shape index (κ2) is 4.84. The van der Waals surface area contributed by atoms with E-state index < -0.39 is 26.9 Å². The summed E-state index contributed by atoms with van der Waals surface area (Å²) in [6.07, 6.45) is 0. The van der Waals surface area contributed by atoms with Crippen LogP contribution in [0.3, 0.4) is 0 Å². The molecular formula is C5H20O3Si4. The Labute approximate surface area is 82.8 Å². The summed E-state index contributed by atoms with van der Waals surface area (Å²) in [5.41, 5.74) is 0. The van der Waals surface area contributed by atoms with Crippen LogP contribution < -0.4 is 0 Å². The van der Waals surface area contributed by atoms with Gasteiger partial charge in [-0.3, -0.25) is 0 Å². The van der Waals surface area contributed by atoms with Crippen LogP contribution in [0.1, 0.15) is 0 Å². The number of hydrogen-bond donors (Lipinski definition) is 0. The van der Waals surface area contributed by atoms with E-state index >= 15 is 0 Å². The molecule has 0 unspecified atom stereocenters. The summed E-state index contributed by atoms with van der Waals surface area (Å²) in [7, 11) is -3.13. The fourth-order valence-corrected chi connectivity index (χ4v) is 5.25. The lowest BCUT2D eigenvalue weighted by atomic mass is 11.8. The van der Waals surface area contributed by atoms with Crippen LogP contribution >= 0.6 is 0 Å². The predicted molar refractivity (Wildman–Crippen MR) is 62.6 cm³/mol. The minimum absolute atomic E-state index is 0.768. The molecule has 0 aromatic heterocycles. The van der Waals surface area contributed by atoms with Crippen LogP contribution in [0.15, 0.2) is 0 Å². The van der Waals surface area contributed by atoms with Crippen molar-refractivity contribution in [1.82, 2.24) is 0 Å². The van der Waals surface area contributed by atoms with E-state index in [4.69, 9.17) is 12.3 Å². The minimum atomic E-state index is -1.76. The van der Waals surface area contributed by atoms with Crippen LogP contribution in [0.5, 0.6) is 0 Å². The average Bonchev–Trinajstić information content (AvgIpc) is 1.84. The van der Waals surface area contributed by atoms with Crippen LogP contribution in [-0.4, -0.2) is 37.4 Å². The lowest BCUT2D eigenvalue weighted by molar-refractivity contribution is 0.384. The average molecular weight is 241 g/mol. The zero-order valence-electron chi connectivity index (χ0n) is 8.93. The van der Waals surface area contributed by atoms with Gasteiger partial charge in [-0.05, 0) is 32.7 Å². The summed E-state index contributed by atoms with van der Waals surface area (Å²) in [4.78, 5) is 0. The van der Waals surface area contributed by atoms with Crippen LogP contribution in [0.25, 0.3) is 0 Å². The van der Waals surface area contributed by atoms with Crippen molar-refractivity contribution in [3.8, 4) is 0 Å². The first-order valence-electron chi connectivity index (χ1n) is 4.10. The van der Waals surface area contributed by atoms with E-state index in [-0.39, 0.29) is 0 Å². The third-order valence-electron chi connectivity index (χ3n) is 1.39. The second-order valence-electron chi connectivity index (χ2n) is 4.12. The monoisotopic (exact) mass is 240 g/mol. The molecule has 0 aliphatic carbocycles. The van der Waals surface area contributed by atoms with E-state index in [9.17, 15) is 0 Å². The number of rotatable bonds is 5. The summed E-state index contributed by atoms with van der Waals surface area (Å²) in [6, 6.07) is 0. The Morgan fingerprint density at radius 3 is 1.83 bits per heavy atom. The third-order valence-corrected chi connectivity index (χ3v) is 12.5. The minimum Gasteiger partial charge on any atom is -0.445 e. The van der Waals surface area contributed by atoms with Crippen molar-refractivity contribution in [3.05, 3.63) is 0 Å². The molecule has 0 N–H and O–H groups in total. The van der Waals surface area contributed by atoms with E-state index in [0.29, 0.717) is 0 Å². The van der Waals surface area contributed by atoms with Gasteiger partial charge in [0.25, 0.3) is 10.0 Å².